The van der Waals surface area contributed by atoms with Crippen molar-refractivity contribution < 1.29 is 4.57 Å². The van der Waals surface area contributed by atoms with Crippen molar-refractivity contribution in [3.8, 4) is 0 Å². The van der Waals surface area contributed by atoms with Crippen molar-refractivity contribution >= 4 is 22.5 Å². The predicted octanol–water partition coefficient (Wildman–Crippen LogP) is 2.63. The number of benzene rings is 1. The summed E-state index contributed by atoms with van der Waals surface area (Å²) in [5.74, 6) is 0. The standard InChI is InChI=1S/C11H11ClN/c1-8-7-11(12)13(2)10-6-4-3-5-9(8)10/h3-7H,1-2H3/q+1. The van der Waals surface area contributed by atoms with Crippen molar-refractivity contribution in [2.75, 3.05) is 0 Å². The molecule has 0 aliphatic heterocycles. The Morgan fingerprint density at radius 1 is 1.23 bits per heavy atom. The molecule has 1 aromatic heterocycles. The first-order valence-corrected chi connectivity index (χ1v) is 4.62. The molecule has 0 amide bonds. The molecule has 0 bridgehead atoms. The van der Waals surface area contributed by atoms with Crippen LogP contribution in [0.5, 0.6) is 0 Å². The fraction of sp³-hybridized carbons (Fsp3) is 0.182. The second kappa shape index (κ2) is 3.00. The first-order valence-electron chi connectivity index (χ1n) is 4.24. The smallest absolute Gasteiger partial charge is 0.184 e. The molecule has 0 aliphatic carbocycles. The number of aromatic nitrogens is 1. The summed E-state index contributed by atoms with van der Waals surface area (Å²) in [5.41, 5.74) is 2.39. The summed E-state index contributed by atoms with van der Waals surface area (Å²) in [6.07, 6.45) is 0. The zero-order valence-electron chi connectivity index (χ0n) is 7.71. The Bertz CT molecular complexity index is 463. The summed E-state index contributed by atoms with van der Waals surface area (Å²) in [6, 6.07) is 10.3. The summed E-state index contributed by atoms with van der Waals surface area (Å²) < 4.78 is 1.99. The van der Waals surface area contributed by atoms with Crippen molar-refractivity contribution in [2.45, 2.75) is 6.92 Å². The number of halogens is 1. The van der Waals surface area contributed by atoms with Gasteiger partial charge < -0.3 is 0 Å². The van der Waals surface area contributed by atoms with E-state index in [9.17, 15) is 0 Å². The molecule has 2 rings (SSSR count). The van der Waals surface area contributed by atoms with Gasteiger partial charge in [-0.3, -0.25) is 0 Å². The molecular weight excluding hydrogens is 182 g/mol. The van der Waals surface area contributed by atoms with E-state index in [1.807, 2.05) is 29.8 Å². The van der Waals surface area contributed by atoms with Crippen LogP contribution in [0, 0.1) is 6.92 Å². The average molecular weight is 193 g/mol. The molecule has 1 heterocycles. The Kier molecular flexibility index (Phi) is 1.97. The van der Waals surface area contributed by atoms with E-state index in [1.54, 1.807) is 0 Å². The van der Waals surface area contributed by atoms with Crippen LogP contribution in [0.3, 0.4) is 0 Å². The molecule has 0 aliphatic rings. The van der Waals surface area contributed by atoms with Gasteiger partial charge in [-0.25, -0.2) is 0 Å². The number of rotatable bonds is 0. The largest absolute Gasteiger partial charge is 0.275 e. The molecular formula is C11H11ClN+. The molecule has 13 heavy (non-hydrogen) atoms. The predicted molar refractivity (Wildman–Crippen MR) is 54.9 cm³/mol. The van der Waals surface area contributed by atoms with Crippen LogP contribution in [0.25, 0.3) is 10.9 Å². The van der Waals surface area contributed by atoms with Crippen LogP contribution in [-0.2, 0) is 7.05 Å². The van der Waals surface area contributed by atoms with E-state index >= 15 is 0 Å². The van der Waals surface area contributed by atoms with Gasteiger partial charge in [-0.1, -0.05) is 12.1 Å². The summed E-state index contributed by atoms with van der Waals surface area (Å²) in [4.78, 5) is 0. The average Bonchev–Trinajstić information content (AvgIpc) is 2.15. The molecule has 0 N–H and O–H groups in total. The molecule has 1 aromatic carbocycles. The van der Waals surface area contributed by atoms with Gasteiger partial charge in [-0.05, 0) is 30.2 Å². The minimum atomic E-state index is 0.774. The van der Waals surface area contributed by atoms with Crippen LogP contribution in [-0.4, -0.2) is 0 Å². The minimum Gasteiger partial charge on any atom is -0.184 e. The summed E-state index contributed by atoms with van der Waals surface area (Å²) in [7, 11) is 1.98. The van der Waals surface area contributed by atoms with Gasteiger partial charge in [0.1, 0.15) is 7.05 Å². The van der Waals surface area contributed by atoms with Gasteiger partial charge in [-0.2, -0.15) is 4.57 Å². The van der Waals surface area contributed by atoms with Gasteiger partial charge >= 0.3 is 0 Å². The fourth-order valence-electron chi connectivity index (χ4n) is 1.57. The number of aryl methyl sites for hydroxylation is 2. The topological polar surface area (TPSA) is 3.88 Å². The van der Waals surface area contributed by atoms with Crippen LogP contribution in [0.15, 0.2) is 30.3 Å². The van der Waals surface area contributed by atoms with Crippen LogP contribution in [0.1, 0.15) is 5.56 Å². The molecule has 1 nitrogen and oxygen atoms in total. The second-order valence-corrected chi connectivity index (χ2v) is 3.61. The second-order valence-electron chi connectivity index (χ2n) is 3.23. The number of pyridine rings is 1. The Hall–Kier alpha value is -1.08. The lowest BCUT2D eigenvalue weighted by molar-refractivity contribution is -0.642. The maximum absolute atomic E-state index is 6.06. The monoisotopic (exact) mass is 192 g/mol. The van der Waals surface area contributed by atoms with Crippen molar-refractivity contribution in [3.63, 3.8) is 0 Å². The van der Waals surface area contributed by atoms with Gasteiger partial charge in [0.05, 0.1) is 0 Å². The number of para-hydroxylation sites is 1. The van der Waals surface area contributed by atoms with Gasteiger partial charge in [0, 0.05) is 17.5 Å². The van der Waals surface area contributed by atoms with Crippen LogP contribution in [0.2, 0.25) is 5.15 Å². The van der Waals surface area contributed by atoms with Crippen LogP contribution in [0.4, 0.5) is 0 Å². The van der Waals surface area contributed by atoms with Gasteiger partial charge in [0.2, 0.25) is 5.52 Å². The SMILES string of the molecule is Cc1cc(Cl)[n+](C)c2ccccc12. The van der Waals surface area contributed by atoms with Crippen molar-refractivity contribution in [1.29, 1.82) is 0 Å². The van der Waals surface area contributed by atoms with Gasteiger partial charge in [-0.15, -0.1) is 0 Å². The third-order valence-corrected chi connectivity index (χ3v) is 2.71. The van der Waals surface area contributed by atoms with E-state index in [4.69, 9.17) is 11.6 Å². The maximum Gasteiger partial charge on any atom is 0.275 e. The summed E-state index contributed by atoms with van der Waals surface area (Å²) in [5, 5.41) is 2.03. The maximum atomic E-state index is 6.06. The van der Waals surface area contributed by atoms with E-state index in [0.29, 0.717) is 0 Å². The van der Waals surface area contributed by atoms with Crippen molar-refractivity contribution in [2.24, 2.45) is 7.05 Å². The zero-order chi connectivity index (χ0) is 9.42. The molecule has 66 valence electrons. The normalized spacial score (nSPS) is 10.7. The van der Waals surface area contributed by atoms with E-state index in [-0.39, 0.29) is 0 Å². The lowest BCUT2D eigenvalue weighted by Crippen LogP contribution is -2.30. The highest BCUT2D eigenvalue weighted by molar-refractivity contribution is 6.28. The Morgan fingerprint density at radius 2 is 1.92 bits per heavy atom. The zero-order valence-corrected chi connectivity index (χ0v) is 8.47. The molecule has 2 heteroatoms. The fourth-order valence-corrected chi connectivity index (χ4v) is 1.82. The van der Waals surface area contributed by atoms with E-state index in [2.05, 4.69) is 19.1 Å². The Balaban J connectivity index is 2.97. The molecule has 0 radical (unpaired) electrons. The van der Waals surface area contributed by atoms with Gasteiger partial charge in [0.15, 0.2) is 0 Å². The van der Waals surface area contributed by atoms with E-state index < -0.39 is 0 Å². The Morgan fingerprint density at radius 3 is 2.69 bits per heavy atom. The third kappa shape index (κ3) is 1.29. The lowest BCUT2D eigenvalue weighted by Gasteiger charge is -2.00. The van der Waals surface area contributed by atoms with E-state index in [0.717, 1.165) is 5.15 Å². The molecule has 0 atom stereocenters. The van der Waals surface area contributed by atoms with Crippen molar-refractivity contribution in [3.05, 3.63) is 41.0 Å². The first kappa shape index (κ1) is 8.52. The van der Waals surface area contributed by atoms with Gasteiger partial charge in [0.25, 0.3) is 5.15 Å². The minimum absolute atomic E-state index is 0.774. The van der Waals surface area contributed by atoms with Crippen molar-refractivity contribution in [1.82, 2.24) is 0 Å². The summed E-state index contributed by atoms with van der Waals surface area (Å²) >= 11 is 6.06. The van der Waals surface area contributed by atoms with E-state index in [1.165, 1.54) is 16.5 Å². The highest BCUT2D eigenvalue weighted by Crippen LogP contribution is 2.17. The van der Waals surface area contributed by atoms with Crippen LogP contribution < -0.4 is 4.57 Å². The Labute approximate surface area is 82.6 Å². The van der Waals surface area contributed by atoms with Crippen LogP contribution >= 0.6 is 11.6 Å². The number of fused-ring (bicyclic) bond motifs is 1. The molecule has 0 saturated heterocycles. The summed E-state index contributed by atoms with van der Waals surface area (Å²) in [6.45, 7) is 2.08. The molecule has 2 aromatic rings. The third-order valence-electron chi connectivity index (χ3n) is 2.35. The highest BCUT2D eigenvalue weighted by Gasteiger charge is 2.10. The molecule has 0 spiro atoms. The molecule has 0 unspecified atom stereocenters. The highest BCUT2D eigenvalue weighted by atomic mass is 35.5. The number of nitrogens with zero attached hydrogens (tertiary/aromatic N) is 1. The number of hydrogen-bond donors (Lipinski definition) is 0. The first-order chi connectivity index (χ1) is 6.20. The quantitative estimate of drug-likeness (QED) is 0.446. The molecule has 0 saturated carbocycles. The molecule has 0 fully saturated rings. The lowest BCUT2D eigenvalue weighted by atomic mass is 10.1. The number of hydrogen-bond acceptors (Lipinski definition) is 0.